The molecule has 21 heavy (non-hydrogen) atoms. The lowest BCUT2D eigenvalue weighted by Crippen LogP contribution is -2.11. The second-order valence-corrected chi connectivity index (χ2v) is 5.17. The summed E-state index contributed by atoms with van der Waals surface area (Å²) in [4.78, 5) is 9.16. The van der Waals surface area contributed by atoms with Gasteiger partial charge in [-0.1, -0.05) is 0 Å². The van der Waals surface area contributed by atoms with E-state index >= 15 is 0 Å². The number of nitrogens with zero attached hydrogens (tertiary/aromatic N) is 2. The molecule has 110 valence electrons. The van der Waals surface area contributed by atoms with Gasteiger partial charge in [0.15, 0.2) is 5.82 Å². The zero-order valence-electron chi connectivity index (χ0n) is 12.3. The van der Waals surface area contributed by atoms with Gasteiger partial charge in [0.1, 0.15) is 17.3 Å². The summed E-state index contributed by atoms with van der Waals surface area (Å²) in [6.07, 6.45) is 4.26. The Bertz CT molecular complexity index is 649. The van der Waals surface area contributed by atoms with Crippen molar-refractivity contribution in [2.75, 3.05) is 20.0 Å². The number of nitrogen functional groups attached to an aromatic ring is 1. The van der Waals surface area contributed by atoms with Gasteiger partial charge in [-0.25, -0.2) is 9.97 Å². The maximum Gasteiger partial charge on any atom is 0.162 e. The molecule has 1 heterocycles. The summed E-state index contributed by atoms with van der Waals surface area (Å²) in [6, 6.07) is 5.62. The average Bonchev–Trinajstić information content (AvgIpc) is 2.54. The van der Waals surface area contributed by atoms with Crippen molar-refractivity contribution in [3.05, 3.63) is 29.5 Å². The van der Waals surface area contributed by atoms with E-state index in [0.29, 0.717) is 23.1 Å². The maximum atomic E-state index is 6.11. The number of fused-ring (bicyclic) bond motifs is 1. The molecule has 1 aromatic carbocycles. The number of hydrogen-bond acceptors (Lipinski definition) is 5. The van der Waals surface area contributed by atoms with Crippen molar-refractivity contribution in [3.63, 3.8) is 0 Å². The number of aromatic nitrogens is 2. The fourth-order valence-corrected chi connectivity index (χ4v) is 2.69. The zero-order valence-corrected chi connectivity index (χ0v) is 12.3. The van der Waals surface area contributed by atoms with E-state index in [0.717, 1.165) is 42.5 Å². The quantitative estimate of drug-likeness (QED) is 0.938. The third kappa shape index (κ3) is 2.63. The molecule has 0 saturated carbocycles. The lowest BCUT2D eigenvalue weighted by molar-refractivity contribution is 0.394. The summed E-state index contributed by atoms with van der Waals surface area (Å²) >= 11 is 0. The minimum atomic E-state index is 0.594. The van der Waals surface area contributed by atoms with Gasteiger partial charge in [-0.3, -0.25) is 0 Å². The molecule has 3 rings (SSSR count). The van der Waals surface area contributed by atoms with Crippen LogP contribution in [-0.2, 0) is 12.8 Å². The molecule has 0 radical (unpaired) electrons. The smallest absolute Gasteiger partial charge is 0.162 e. The maximum absolute atomic E-state index is 6.11. The predicted molar refractivity (Wildman–Crippen MR) is 81.6 cm³/mol. The Morgan fingerprint density at radius 1 is 0.952 bits per heavy atom. The highest BCUT2D eigenvalue weighted by Gasteiger charge is 2.17. The molecule has 1 aromatic heterocycles. The number of hydrogen-bond donors (Lipinski definition) is 1. The lowest BCUT2D eigenvalue weighted by Gasteiger charge is -2.17. The van der Waals surface area contributed by atoms with Gasteiger partial charge < -0.3 is 15.2 Å². The SMILES string of the molecule is COc1cc(OC)cc(-c2nc(N)c3c(n2)CCCC3)c1. The fourth-order valence-electron chi connectivity index (χ4n) is 2.69. The van der Waals surface area contributed by atoms with Gasteiger partial charge in [0.25, 0.3) is 0 Å². The molecule has 0 saturated heterocycles. The molecule has 0 bridgehead atoms. The second-order valence-electron chi connectivity index (χ2n) is 5.17. The highest BCUT2D eigenvalue weighted by atomic mass is 16.5. The Labute approximate surface area is 124 Å². The Morgan fingerprint density at radius 2 is 1.62 bits per heavy atom. The molecule has 1 aliphatic carbocycles. The van der Waals surface area contributed by atoms with E-state index in [1.165, 1.54) is 0 Å². The van der Waals surface area contributed by atoms with Crippen LogP contribution in [0.4, 0.5) is 5.82 Å². The number of methoxy groups -OCH3 is 2. The van der Waals surface area contributed by atoms with Gasteiger partial charge in [-0.2, -0.15) is 0 Å². The van der Waals surface area contributed by atoms with Crippen LogP contribution in [0.25, 0.3) is 11.4 Å². The van der Waals surface area contributed by atoms with Crippen LogP contribution in [0.3, 0.4) is 0 Å². The second kappa shape index (κ2) is 5.60. The largest absolute Gasteiger partial charge is 0.497 e. The first-order valence-electron chi connectivity index (χ1n) is 7.10. The molecule has 5 nitrogen and oxygen atoms in total. The molecule has 1 aliphatic rings. The van der Waals surface area contributed by atoms with E-state index < -0.39 is 0 Å². The first-order valence-corrected chi connectivity index (χ1v) is 7.10. The molecule has 5 heteroatoms. The van der Waals surface area contributed by atoms with Crippen LogP contribution in [0, 0.1) is 0 Å². The Hall–Kier alpha value is -2.30. The Kier molecular flexibility index (Phi) is 3.64. The van der Waals surface area contributed by atoms with Crippen molar-refractivity contribution < 1.29 is 9.47 Å². The van der Waals surface area contributed by atoms with Crippen molar-refractivity contribution in [2.24, 2.45) is 0 Å². The number of ether oxygens (including phenoxy) is 2. The van der Waals surface area contributed by atoms with Crippen molar-refractivity contribution in [3.8, 4) is 22.9 Å². The van der Waals surface area contributed by atoms with Crippen LogP contribution in [0.1, 0.15) is 24.1 Å². The van der Waals surface area contributed by atoms with Crippen molar-refractivity contribution in [1.82, 2.24) is 9.97 Å². The normalized spacial score (nSPS) is 13.6. The topological polar surface area (TPSA) is 70.3 Å². The fraction of sp³-hybridized carbons (Fsp3) is 0.375. The molecule has 2 aromatic rings. The highest BCUT2D eigenvalue weighted by Crippen LogP contribution is 2.31. The molecule has 0 aliphatic heterocycles. The standard InChI is InChI=1S/C16H19N3O2/c1-20-11-7-10(8-12(9-11)21-2)16-18-14-6-4-3-5-13(14)15(17)19-16/h7-9H,3-6H2,1-2H3,(H2,17,18,19). The molecule has 0 atom stereocenters. The average molecular weight is 285 g/mol. The summed E-state index contributed by atoms with van der Waals surface area (Å²) in [5.41, 5.74) is 9.15. The van der Waals surface area contributed by atoms with E-state index in [-0.39, 0.29) is 0 Å². The van der Waals surface area contributed by atoms with E-state index in [1.807, 2.05) is 18.2 Å². The Morgan fingerprint density at radius 3 is 2.29 bits per heavy atom. The molecule has 0 fully saturated rings. The van der Waals surface area contributed by atoms with Crippen LogP contribution < -0.4 is 15.2 Å². The third-order valence-corrected chi connectivity index (χ3v) is 3.82. The van der Waals surface area contributed by atoms with Crippen LogP contribution in [0.5, 0.6) is 11.5 Å². The number of rotatable bonds is 3. The highest BCUT2D eigenvalue weighted by molar-refractivity contribution is 5.63. The van der Waals surface area contributed by atoms with E-state index in [1.54, 1.807) is 14.2 Å². The van der Waals surface area contributed by atoms with E-state index in [9.17, 15) is 0 Å². The van der Waals surface area contributed by atoms with E-state index in [2.05, 4.69) is 4.98 Å². The number of nitrogens with two attached hydrogens (primary N) is 1. The summed E-state index contributed by atoms with van der Waals surface area (Å²) in [6.45, 7) is 0. The third-order valence-electron chi connectivity index (χ3n) is 3.82. The number of aryl methyl sites for hydroxylation is 1. The van der Waals surface area contributed by atoms with Crippen molar-refractivity contribution in [2.45, 2.75) is 25.7 Å². The minimum absolute atomic E-state index is 0.594. The van der Waals surface area contributed by atoms with Gasteiger partial charge in [0.05, 0.1) is 14.2 Å². The predicted octanol–water partition coefficient (Wildman–Crippen LogP) is 2.62. The lowest BCUT2D eigenvalue weighted by atomic mass is 9.96. The molecule has 2 N–H and O–H groups in total. The molecular weight excluding hydrogens is 266 g/mol. The van der Waals surface area contributed by atoms with Crippen molar-refractivity contribution >= 4 is 5.82 Å². The molecule has 0 spiro atoms. The van der Waals surface area contributed by atoms with Crippen molar-refractivity contribution in [1.29, 1.82) is 0 Å². The summed E-state index contributed by atoms with van der Waals surface area (Å²) < 4.78 is 10.6. The van der Waals surface area contributed by atoms with Crippen LogP contribution in [-0.4, -0.2) is 24.2 Å². The van der Waals surface area contributed by atoms with Gasteiger partial charge in [-0.05, 0) is 37.8 Å². The number of anilines is 1. The first kappa shape index (κ1) is 13.7. The summed E-state index contributed by atoms with van der Waals surface area (Å²) in [5.74, 6) is 2.65. The van der Waals surface area contributed by atoms with Gasteiger partial charge >= 0.3 is 0 Å². The summed E-state index contributed by atoms with van der Waals surface area (Å²) in [7, 11) is 3.25. The minimum Gasteiger partial charge on any atom is -0.497 e. The van der Waals surface area contributed by atoms with Gasteiger partial charge in [0, 0.05) is 22.9 Å². The van der Waals surface area contributed by atoms with Crippen LogP contribution in [0.2, 0.25) is 0 Å². The van der Waals surface area contributed by atoms with E-state index in [4.69, 9.17) is 20.2 Å². The van der Waals surface area contributed by atoms with Crippen LogP contribution in [0.15, 0.2) is 18.2 Å². The molecular formula is C16H19N3O2. The molecule has 0 amide bonds. The summed E-state index contributed by atoms with van der Waals surface area (Å²) in [5, 5.41) is 0. The van der Waals surface area contributed by atoms with Gasteiger partial charge in [0.2, 0.25) is 0 Å². The monoisotopic (exact) mass is 285 g/mol. The van der Waals surface area contributed by atoms with Crippen LogP contribution >= 0.6 is 0 Å². The molecule has 0 unspecified atom stereocenters. The zero-order chi connectivity index (χ0) is 14.8. The van der Waals surface area contributed by atoms with Gasteiger partial charge in [-0.15, -0.1) is 0 Å². The Balaban J connectivity index is 2.10. The number of benzene rings is 1. The first-order chi connectivity index (χ1) is 10.2.